The summed E-state index contributed by atoms with van der Waals surface area (Å²) in [6.07, 6.45) is 0. The molecule has 0 heterocycles. The van der Waals surface area contributed by atoms with Crippen LogP contribution in [0.4, 0.5) is 5.69 Å². The molecule has 1 aromatic rings. The van der Waals surface area contributed by atoms with Gasteiger partial charge in [0.25, 0.3) is 5.91 Å². The summed E-state index contributed by atoms with van der Waals surface area (Å²) in [5.41, 5.74) is 6.92. The Bertz CT molecular complexity index is 461. The van der Waals surface area contributed by atoms with Crippen LogP contribution in [0.1, 0.15) is 31.1 Å². The molecule has 1 aromatic carbocycles. The fourth-order valence-electron chi connectivity index (χ4n) is 2.12. The SMILES string of the molecule is CCOc1c(N)cccc1C(=O)N(CCOC)CC(C)C. The van der Waals surface area contributed by atoms with Crippen molar-refractivity contribution in [1.29, 1.82) is 0 Å². The van der Waals surface area contributed by atoms with Crippen LogP contribution in [0, 0.1) is 5.92 Å². The Hall–Kier alpha value is -1.75. The number of carbonyl (C=O) groups is 1. The smallest absolute Gasteiger partial charge is 0.257 e. The fraction of sp³-hybridized carbons (Fsp3) is 0.562. The lowest BCUT2D eigenvalue weighted by atomic mass is 10.1. The first-order chi connectivity index (χ1) is 10.0. The minimum absolute atomic E-state index is 0.0727. The molecule has 0 aliphatic rings. The van der Waals surface area contributed by atoms with Gasteiger partial charge < -0.3 is 20.1 Å². The molecule has 0 bridgehead atoms. The van der Waals surface area contributed by atoms with E-state index in [1.807, 2.05) is 6.92 Å². The average Bonchev–Trinajstić information content (AvgIpc) is 2.44. The zero-order chi connectivity index (χ0) is 15.8. The van der Waals surface area contributed by atoms with E-state index in [1.54, 1.807) is 30.2 Å². The maximum absolute atomic E-state index is 12.8. The summed E-state index contributed by atoms with van der Waals surface area (Å²) in [6, 6.07) is 5.27. The van der Waals surface area contributed by atoms with Crippen LogP contribution in [-0.2, 0) is 4.74 Å². The zero-order valence-corrected chi connectivity index (χ0v) is 13.4. The normalized spacial score (nSPS) is 10.7. The lowest BCUT2D eigenvalue weighted by molar-refractivity contribution is 0.0668. The van der Waals surface area contributed by atoms with Gasteiger partial charge in [-0.2, -0.15) is 0 Å². The van der Waals surface area contributed by atoms with E-state index in [0.717, 1.165) is 0 Å². The fourth-order valence-corrected chi connectivity index (χ4v) is 2.12. The molecule has 0 saturated heterocycles. The van der Waals surface area contributed by atoms with Gasteiger partial charge in [-0.25, -0.2) is 0 Å². The third-order valence-corrected chi connectivity index (χ3v) is 3.00. The number of nitrogens with two attached hydrogens (primary N) is 1. The van der Waals surface area contributed by atoms with Crippen molar-refractivity contribution in [3.8, 4) is 5.75 Å². The topological polar surface area (TPSA) is 64.8 Å². The number of para-hydroxylation sites is 1. The van der Waals surface area contributed by atoms with Crippen molar-refractivity contribution in [2.24, 2.45) is 5.92 Å². The van der Waals surface area contributed by atoms with Gasteiger partial charge in [0.15, 0.2) is 5.75 Å². The molecule has 2 N–H and O–H groups in total. The number of carbonyl (C=O) groups excluding carboxylic acids is 1. The van der Waals surface area contributed by atoms with Gasteiger partial charge in [0, 0.05) is 20.2 Å². The molecule has 0 unspecified atom stereocenters. The second-order valence-electron chi connectivity index (χ2n) is 5.29. The van der Waals surface area contributed by atoms with Gasteiger partial charge in [-0.15, -0.1) is 0 Å². The Kier molecular flexibility index (Phi) is 7.02. The van der Waals surface area contributed by atoms with Crippen molar-refractivity contribution in [3.63, 3.8) is 0 Å². The second-order valence-corrected chi connectivity index (χ2v) is 5.29. The van der Waals surface area contributed by atoms with Gasteiger partial charge in [0.1, 0.15) is 0 Å². The molecule has 21 heavy (non-hydrogen) atoms. The van der Waals surface area contributed by atoms with E-state index in [1.165, 1.54) is 0 Å². The molecule has 0 spiro atoms. The second kappa shape index (κ2) is 8.52. The Morgan fingerprint density at radius 3 is 2.67 bits per heavy atom. The molecule has 5 heteroatoms. The number of ether oxygens (including phenoxy) is 2. The average molecular weight is 294 g/mol. The van der Waals surface area contributed by atoms with Crippen molar-refractivity contribution in [3.05, 3.63) is 23.8 Å². The summed E-state index contributed by atoms with van der Waals surface area (Å²) in [7, 11) is 1.63. The van der Waals surface area contributed by atoms with Crippen LogP contribution in [0.15, 0.2) is 18.2 Å². The van der Waals surface area contributed by atoms with Crippen LogP contribution >= 0.6 is 0 Å². The van der Waals surface area contributed by atoms with Crippen LogP contribution in [0.3, 0.4) is 0 Å². The third kappa shape index (κ3) is 4.93. The first-order valence-electron chi connectivity index (χ1n) is 7.30. The van der Waals surface area contributed by atoms with E-state index >= 15 is 0 Å². The summed E-state index contributed by atoms with van der Waals surface area (Å²) in [6.45, 7) is 8.22. The molecule has 1 rings (SSSR count). The lowest BCUT2D eigenvalue weighted by Gasteiger charge is -2.25. The summed E-state index contributed by atoms with van der Waals surface area (Å²) >= 11 is 0. The predicted molar refractivity (Wildman–Crippen MR) is 84.6 cm³/mol. The van der Waals surface area contributed by atoms with Crippen LogP contribution in [0.2, 0.25) is 0 Å². The molecule has 0 aromatic heterocycles. The Labute approximate surface area is 127 Å². The molecule has 5 nitrogen and oxygen atoms in total. The van der Waals surface area contributed by atoms with Gasteiger partial charge >= 0.3 is 0 Å². The predicted octanol–water partition coefficient (Wildman–Crippen LogP) is 2.41. The highest BCUT2D eigenvalue weighted by Gasteiger charge is 2.21. The Morgan fingerprint density at radius 2 is 2.10 bits per heavy atom. The number of anilines is 1. The molecule has 0 atom stereocenters. The van der Waals surface area contributed by atoms with Crippen LogP contribution in [0.25, 0.3) is 0 Å². The highest BCUT2D eigenvalue weighted by atomic mass is 16.5. The van der Waals surface area contributed by atoms with Crippen molar-refractivity contribution in [2.75, 3.05) is 39.1 Å². The Balaban J connectivity index is 3.04. The van der Waals surface area contributed by atoms with Gasteiger partial charge in [-0.1, -0.05) is 19.9 Å². The number of hydrogen-bond donors (Lipinski definition) is 1. The van der Waals surface area contributed by atoms with Gasteiger partial charge in [0.05, 0.1) is 24.5 Å². The number of nitrogens with zero attached hydrogens (tertiary/aromatic N) is 1. The Morgan fingerprint density at radius 1 is 1.38 bits per heavy atom. The summed E-state index contributed by atoms with van der Waals surface area (Å²) in [5, 5.41) is 0. The highest BCUT2D eigenvalue weighted by Crippen LogP contribution is 2.27. The molecule has 1 amide bonds. The standard InChI is InChI=1S/C16H26N2O3/c1-5-21-15-13(7-6-8-14(15)17)16(19)18(9-10-20-4)11-12(2)3/h6-8,12H,5,9-11,17H2,1-4H3. The van der Waals surface area contributed by atoms with E-state index in [-0.39, 0.29) is 5.91 Å². The van der Waals surface area contributed by atoms with E-state index in [4.69, 9.17) is 15.2 Å². The number of nitrogen functional groups attached to an aromatic ring is 1. The minimum Gasteiger partial charge on any atom is -0.491 e. The van der Waals surface area contributed by atoms with Crippen LogP contribution in [0.5, 0.6) is 5.75 Å². The van der Waals surface area contributed by atoms with Crippen LogP contribution < -0.4 is 10.5 Å². The molecule has 0 saturated carbocycles. The zero-order valence-electron chi connectivity index (χ0n) is 13.4. The summed E-state index contributed by atoms with van der Waals surface area (Å²) in [5.74, 6) is 0.773. The van der Waals surface area contributed by atoms with E-state index in [0.29, 0.717) is 49.2 Å². The number of amides is 1. The van der Waals surface area contributed by atoms with Gasteiger partial charge in [0.2, 0.25) is 0 Å². The minimum atomic E-state index is -0.0727. The van der Waals surface area contributed by atoms with Crippen LogP contribution in [-0.4, -0.2) is 44.2 Å². The molecule has 0 aliphatic heterocycles. The molecular formula is C16H26N2O3. The van der Waals surface area contributed by atoms with Crippen molar-refractivity contribution in [2.45, 2.75) is 20.8 Å². The highest BCUT2D eigenvalue weighted by molar-refractivity contribution is 5.98. The lowest BCUT2D eigenvalue weighted by Crippen LogP contribution is -2.37. The van der Waals surface area contributed by atoms with Crippen molar-refractivity contribution >= 4 is 11.6 Å². The first-order valence-corrected chi connectivity index (χ1v) is 7.30. The quantitative estimate of drug-likeness (QED) is 0.748. The van der Waals surface area contributed by atoms with Crippen molar-refractivity contribution in [1.82, 2.24) is 4.90 Å². The number of hydrogen-bond acceptors (Lipinski definition) is 4. The van der Waals surface area contributed by atoms with E-state index in [2.05, 4.69) is 13.8 Å². The number of benzene rings is 1. The molecule has 0 fully saturated rings. The summed E-state index contributed by atoms with van der Waals surface area (Å²) < 4.78 is 10.6. The third-order valence-electron chi connectivity index (χ3n) is 3.00. The van der Waals surface area contributed by atoms with Gasteiger partial charge in [-0.3, -0.25) is 4.79 Å². The monoisotopic (exact) mass is 294 g/mol. The molecule has 118 valence electrons. The molecular weight excluding hydrogens is 268 g/mol. The molecule has 0 radical (unpaired) electrons. The largest absolute Gasteiger partial charge is 0.491 e. The van der Waals surface area contributed by atoms with Gasteiger partial charge in [-0.05, 0) is 25.0 Å². The number of methoxy groups -OCH3 is 1. The summed E-state index contributed by atoms with van der Waals surface area (Å²) in [4.78, 5) is 14.6. The number of rotatable bonds is 8. The molecule has 0 aliphatic carbocycles. The van der Waals surface area contributed by atoms with E-state index < -0.39 is 0 Å². The maximum atomic E-state index is 12.8. The maximum Gasteiger partial charge on any atom is 0.257 e. The first kappa shape index (κ1) is 17.3. The van der Waals surface area contributed by atoms with E-state index in [9.17, 15) is 4.79 Å². The van der Waals surface area contributed by atoms with Crippen molar-refractivity contribution < 1.29 is 14.3 Å².